The predicted octanol–water partition coefficient (Wildman–Crippen LogP) is 3.29. The SMILES string of the molecule is CC(C)c1cc(C2(N)CCC2)ccc1F. The van der Waals surface area contributed by atoms with Crippen molar-refractivity contribution in [1.29, 1.82) is 0 Å². The minimum Gasteiger partial charge on any atom is -0.321 e. The van der Waals surface area contributed by atoms with Crippen LogP contribution in [0.4, 0.5) is 4.39 Å². The van der Waals surface area contributed by atoms with Crippen molar-refractivity contribution in [3.05, 3.63) is 35.1 Å². The second kappa shape index (κ2) is 3.60. The molecule has 0 atom stereocenters. The zero-order chi connectivity index (χ0) is 11.1. The predicted molar refractivity (Wildman–Crippen MR) is 60.2 cm³/mol. The van der Waals surface area contributed by atoms with Crippen molar-refractivity contribution in [2.75, 3.05) is 0 Å². The first kappa shape index (κ1) is 10.6. The molecule has 0 heterocycles. The van der Waals surface area contributed by atoms with Gasteiger partial charge in [-0.1, -0.05) is 26.0 Å². The van der Waals surface area contributed by atoms with Gasteiger partial charge in [-0.3, -0.25) is 0 Å². The summed E-state index contributed by atoms with van der Waals surface area (Å²) in [5.41, 5.74) is 7.92. The molecule has 1 aliphatic rings. The minimum atomic E-state index is -0.183. The number of rotatable bonds is 2. The van der Waals surface area contributed by atoms with E-state index in [9.17, 15) is 4.39 Å². The van der Waals surface area contributed by atoms with Crippen LogP contribution in [0.3, 0.4) is 0 Å². The van der Waals surface area contributed by atoms with E-state index in [1.165, 1.54) is 6.42 Å². The standard InChI is InChI=1S/C13H18FN/c1-9(2)11-8-10(4-5-12(11)14)13(15)6-3-7-13/h4-5,8-9H,3,6-7,15H2,1-2H3. The molecule has 1 saturated carbocycles. The number of halogens is 1. The lowest BCUT2D eigenvalue weighted by Crippen LogP contribution is -2.43. The van der Waals surface area contributed by atoms with Crippen LogP contribution in [0, 0.1) is 5.82 Å². The third-order valence-electron chi connectivity index (χ3n) is 3.44. The number of nitrogens with two attached hydrogens (primary N) is 1. The summed E-state index contributed by atoms with van der Waals surface area (Å²) in [5, 5.41) is 0. The van der Waals surface area contributed by atoms with Crippen molar-refractivity contribution in [3.8, 4) is 0 Å². The monoisotopic (exact) mass is 207 g/mol. The van der Waals surface area contributed by atoms with E-state index in [1.54, 1.807) is 6.07 Å². The summed E-state index contributed by atoms with van der Waals surface area (Å²) in [5.74, 6) is 0.102. The average Bonchev–Trinajstić information content (AvgIpc) is 2.14. The van der Waals surface area contributed by atoms with Gasteiger partial charge in [0.05, 0.1) is 0 Å². The van der Waals surface area contributed by atoms with Crippen molar-refractivity contribution in [3.63, 3.8) is 0 Å². The van der Waals surface area contributed by atoms with Crippen molar-refractivity contribution in [2.24, 2.45) is 5.73 Å². The molecule has 0 saturated heterocycles. The van der Waals surface area contributed by atoms with Crippen LogP contribution >= 0.6 is 0 Å². The van der Waals surface area contributed by atoms with E-state index in [4.69, 9.17) is 5.73 Å². The maximum absolute atomic E-state index is 13.5. The van der Waals surface area contributed by atoms with Crippen LogP contribution in [0.5, 0.6) is 0 Å². The van der Waals surface area contributed by atoms with Gasteiger partial charge in [-0.2, -0.15) is 0 Å². The van der Waals surface area contributed by atoms with E-state index < -0.39 is 0 Å². The van der Waals surface area contributed by atoms with E-state index in [1.807, 2.05) is 26.0 Å². The highest BCUT2D eigenvalue weighted by Crippen LogP contribution is 2.39. The number of benzene rings is 1. The molecule has 2 rings (SSSR count). The number of hydrogen-bond donors (Lipinski definition) is 1. The molecule has 82 valence electrons. The van der Waals surface area contributed by atoms with Crippen LogP contribution in [-0.2, 0) is 5.54 Å². The Hall–Kier alpha value is -0.890. The third-order valence-corrected chi connectivity index (χ3v) is 3.44. The fourth-order valence-corrected chi connectivity index (χ4v) is 2.14. The van der Waals surface area contributed by atoms with E-state index in [0.717, 1.165) is 24.0 Å². The lowest BCUT2D eigenvalue weighted by molar-refractivity contribution is 0.253. The zero-order valence-electron chi connectivity index (χ0n) is 9.39. The van der Waals surface area contributed by atoms with Gasteiger partial charge < -0.3 is 5.73 Å². The summed E-state index contributed by atoms with van der Waals surface area (Å²) in [6.45, 7) is 4.01. The molecule has 0 spiro atoms. The fourth-order valence-electron chi connectivity index (χ4n) is 2.14. The first-order valence-electron chi connectivity index (χ1n) is 5.62. The maximum atomic E-state index is 13.5. The van der Waals surface area contributed by atoms with Crippen LogP contribution in [0.1, 0.15) is 50.2 Å². The van der Waals surface area contributed by atoms with Crippen molar-refractivity contribution in [2.45, 2.75) is 44.6 Å². The second-order valence-electron chi connectivity index (χ2n) is 4.90. The molecule has 2 N–H and O–H groups in total. The normalized spacial score (nSPS) is 19.0. The fraction of sp³-hybridized carbons (Fsp3) is 0.538. The molecule has 15 heavy (non-hydrogen) atoms. The quantitative estimate of drug-likeness (QED) is 0.791. The third kappa shape index (κ3) is 1.78. The average molecular weight is 207 g/mol. The summed E-state index contributed by atoms with van der Waals surface area (Å²) in [4.78, 5) is 0. The van der Waals surface area contributed by atoms with Gasteiger partial charge in [-0.15, -0.1) is 0 Å². The summed E-state index contributed by atoms with van der Waals surface area (Å²) >= 11 is 0. The Bertz CT molecular complexity index is 367. The van der Waals surface area contributed by atoms with Gasteiger partial charge in [-0.05, 0) is 42.4 Å². The summed E-state index contributed by atoms with van der Waals surface area (Å²) in [6, 6.07) is 5.33. The summed E-state index contributed by atoms with van der Waals surface area (Å²) in [6.07, 6.45) is 3.23. The first-order valence-corrected chi connectivity index (χ1v) is 5.62. The van der Waals surface area contributed by atoms with Gasteiger partial charge in [0.2, 0.25) is 0 Å². The highest BCUT2D eigenvalue weighted by molar-refractivity contribution is 5.33. The molecule has 0 bridgehead atoms. The topological polar surface area (TPSA) is 26.0 Å². The number of hydrogen-bond acceptors (Lipinski definition) is 1. The lowest BCUT2D eigenvalue weighted by atomic mass is 9.72. The molecule has 0 amide bonds. The van der Waals surface area contributed by atoms with Crippen LogP contribution in [0.25, 0.3) is 0 Å². The first-order chi connectivity index (χ1) is 7.03. The minimum absolute atomic E-state index is 0.114. The van der Waals surface area contributed by atoms with Gasteiger partial charge in [-0.25, -0.2) is 4.39 Å². The molecule has 2 heteroatoms. The molecule has 1 aromatic carbocycles. The largest absolute Gasteiger partial charge is 0.321 e. The zero-order valence-corrected chi connectivity index (χ0v) is 9.39. The van der Waals surface area contributed by atoms with Crippen LogP contribution < -0.4 is 5.73 Å². The Morgan fingerprint density at radius 1 is 1.33 bits per heavy atom. The Labute approximate surface area is 90.5 Å². The van der Waals surface area contributed by atoms with Gasteiger partial charge in [0, 0.05) is 5.54 Å². The van der Waals surface area contributed by atoms with Gasteiger partial charge >= 0.3 is 0 Å². The Morgan fingerprint density at radius 2 is 2.00 bits per heavy atom. The molecule has 0 unspecified atom stereocenters. The van der Waals surface area contributed by atoms with Gasteiger partial charge in [0.1, 0.15) is 5.82 Å². The Kier molecular flexibility index (Phi) is 2.55. The Balaban J connectivity index is 2.38. The van der Waals surface area contributed by atoms with E-state index in [0.29, 0.717) is 0 Å². The molecule has 0 aliphatic heterocycles. The second-order valence-corrected chi connectivity index (χ2v) is 4.90. The summed E-state index contributed by atoms with van der Waals surface area (Å²) < 4.78 is 13.5. The maximum Gasteiger partial charge on any atom is 0.126 e. The van der Waals surface area contributed by atoms with Crippen molar-refractivity contribution < 1.29 is 4.39 Å². The van der Waals surface area contributed by atoms with Crippen molar-refractivity contribution >= 4 is 0 Å². The Morgan fingerprint density at radius 3 is 2.47 bits per heavy atom. The van der Waals surface area contributed by atoms with Crippen molar-refractivity contribution in [1.82, 2.24) is 0 Å². The smallest absolute Gasteiger partial charge is 0.126 e. The molecule has 0 aromatic heterocycles. The summed E-state index contributed by atoms with van der Waals surface area (Å²) in [7, 11) is 0. The molecular weight excluding hydrogens is 189 g/mol. The molecule has 1 nitrogen and oxygen atoms in total. The van der Waals surface area contributed by atoms with E-state index in [2.05, 4.69) is 0 Å². The van der Waals surface area contributed by atoms with Gasteiger partial charge in [0.25, 0.3) is 0 Å². The highest BCUT2D eigenvalue weighted by atomic mass is 19.1. The van der Waals surface area contributed by atoms with Gasteiger partial charge in [0.15, 0.2) is 0 Å². The molecule has 1 aromatic rings. The van der Waals surface area contributed by atoms with E-state index in [-0.39, 0.29) is 17.3 Å². The van der Waals surface area contributed by atoms with Crippen LogP contribution in [0.2, 0.25) is 0 Å². The molecule has 1 aliphatic carbocycles. The van der Waals surface area contributed by atoms with E-state index >= 15 is 0 Å². The van der Waals surface area contributed by atoms with Crippen LogP contribution in [-0.4, -0.2) is 0 Å². The molecule has 1 fully saturated rings. The molecule has 0 radical (unpaired) electrons. The lowest BCUT2D eigenvalue weighted by Gasteiger charge is -2.39. The molecular formula is C13H18FN. The van der Waals surface area contributed by atoms with Crippen LogP contribution in [0.15, 0.2) is 18.2 Å². The highest BCUT2D eigenvalue weighted by Gasteiger charge is 2.34.